The van der Waals surface area contributed by atoms with Crippen LogP contribution in [0.5, 0.6) is 0 Å². The Hall–Kier alpha value is -2.93. The van der Waals surface area contributed by atoms with Gasteiger partial charge in [-0.3, -0.25) is 14.6 Å². The number of pyridine rings is 1. The zero-order valence-electron chi connectivity index (χ0n) is 17.6. The van der Waals surface area contributed by atoms with Gasteiger partial charge in [-0.25, -0.2) is 4.98 Å². The molecule has 6 nitrogen and oxygen atoms in total. The first-order valence-corrected chi connectivity index (χ1v) is 12.0. The highest BCUT2D eigenvalue weighted by atomic mass is 32.2. The van der Waals surface area contributed by atoms with Gasteiger partial charge >= 0.3 is 0 Å². The van der Waals surface area contributed by atoms with Gasteiger partial charge in [0.05, 0.1) is 11.7 Å². The number of thioether (sulfide) groups is 1. The molecule has 1 atom stereocenters. The Bertz CT molecular complexity index is 1110. The SMILES string of the molecule is CSCC[C@@H](NC(=O)c1ccc2c(c1)CCCC2)c1cc(=O)[nH]c(-c2cccnc2)n1. The van der Waals surface area contributed by atoms with Crippen molar-refractivity contribution in [3.8, 4) is 11.4 Å². The number of fused-ring (bicyclic) bond motifs is 1. The number of carbonyl (C=O) groups is 1. The van der Waals surface area contributed by atoms with Crippen LogP contribution in [0.2, 0.25) is 0 Å². The second kappa shape index (κ2) is 9.92. The molecule has 160 valence electrons. The van der Waals surface area contributed by atoms with E-state index in [1.54, 1.807) is 30.2 Å². The zero-order valence-corrected chi connectivity index (χ0v) is 18.4. The molecule has 0 spiro atoms. The molecule has 2 heterocycles. The Labute approximate surface area is 185 Å². The standard InChI is InChI=1S/C24H26N4O2S/c1-31-12-10-20(21-14-22(29)28-23(26-21)19-7-4-11-25-15-19)27-24(30)18-9-8-16-5-2-3-6-17(16)13-18/h4,7-9,11,13-15,20H,2-3,5-6,10,12H2,1H3,(H,27,30)(H,26,28,29)/t20-/m1/s1. The molecule has 2 N–H and O–H groups in total. The summed E-state index contributed by atoms with van der Waals surface area (Å²) in [6, 6.07) is 10.8. The highest BCUT2D eigenvalue weighted by Gasteiger charge is 2.20. The van der Waals surface area contributed by atoms with Crippen molar-refractivity contribution in [3.05, 3.63) is 81.5 Å². The van der Waals surface area contributed by atoms with Crippen LogP contribution in [0.1, 0.15) is 52.5 Å². The maximum Gasteiger partial charge on any atom is 0.251 e. The van der Waals surface area contributed by atoms with Crippen LogP contribution in [-0.4, -0.2) is 32.9 Å². The summed E-state index contributed by atoms with van der Waals surface area (Å²) in [4.78, 5) is 36.9. The minimum Gasteiger partial charge on any atom is -0.344 e. The van der Waals surface area contributed by atoms with Crippen molar-refractivity contribution in [1.29, 1.82) is 0 Å². The summed E-state index contributed by atoms with van der Waals surface area (Å²) in [6.45, 7) is 0. The van der Waals surface area contributed by atoms with Crippen LogP contribution < -0.4 is 10.9 Å². The van der Waals surface area contributed by atoms with Crippen LogP contribution in [0.3, 0.4) is 0 Å². The van der Waals surface area contributed by atoms with Gasteiger partial charge in [0.25, 0.3) is 11.5 Å². The number of benzene rings is 1. The molecular formula is C24H26N4O2S. The first kappa shape index (κ1) is 21.3. The van der Waals surface area contributed by atoms with E-state index in [1.165, 1.54) is 30.0 Å². The molecule has 4 rings (SSSR count). The molecule has 1 amide bonds. The fourth-order valence-electron chi connectivity index (χ4n) is 3.94. The molecule has 1 aromatic carbocycles. The average Bonchev–Trinajstić information content (AvgIpc) is 2.81. The van der Waals surface area contributed by atoms with Gasteiger partial charge < -0.3 is 10.3 Å². The lowest BCUT2D eigenvalue weighted by Gasteiger charge is -2.20. The number of amides is 1. The Morgan fingerprint density at radius 2 is 2.03 bits per heavy atom. The predicted molar refractivity (Wildman–Crippen MR) is 124 cm³/mol. The van der Waals surface area contributed by atoms with Gasteiger partial charge in [-0.15, -0.1) is 0 Å². The summed E-state index contributed by atoms with van der Waals surface area (Å²) >= 11 is 1.70. The largest absolute Gasteiger partial charge is 0.344 e. The van der Waals surface area contributed by atoms with E-state index in [0.717, 1.165) is 24.2 Å². The first-order valence-electron chi connectivity index (χ1n) is 10.6. The van der Waals surface area contributed by atoms with E-state index in [0.29, 0.717) is 23.5 Å². The second-order valence-corrected chi connectivity index (χ2v) is 8.74. The molecule has 0 bridgehead atoms. The molecule has 2 aromatic heterocycles. The number of carbonyl (C=O) groups excluding carboxylic acids is 1. The predicted octanol–water partition coefficient (Wildman–Crippen LogP) is 3.93. The molecule has 31 heavy (non-hydrogen) atoms. The van der Waals surface area contributed by atoms with Gasteiger partial charge in [0.2, 0.25) is 0 Å². The number of H-pyrrole nitrogens is 1. The van der Waals surface area contributed by atoms with Crippen molar-refractivity contribution in [3.63, 3.8) is 0 Å². The third-order valence-electron chi connectivity index (χ3n) is 5.58. The highest BCUT2D eigenvalue weighted by Crippen LogP contribution is 2.24. The molecule has 1 aliphatic rings. The number of hydrogen-bond acceptors (Lipinski definition) is 5. The first-order chi connectivity index (χ1) is 15.1. The monoisotopic (exact) mass is 434 g/mol. The van der Waals surface area contributed by atoms with Gasteiger partial charge in [-0.05, 0) is 79.5 Å². The minimum atomic E-state index is -0.353. The van der Waals surface area contributed by atoms with Crippen LogP contribution >= 0.6 is 11.8 Å². The van der Waals surface area contributed by atoms with E-state index in [-0.39, 0.29) is 17.5 Å². The topological polar surface area (TPSA) is 87.7 Å². The van der Waals surface area contributed by atoms with Gasteiger partial charge in [-0.2, -0.15) is 11.8 Å². The molecule has 0 fully saturated rings. The molecule has 0 saturated carbocycles. The van der Waals surface area contributed by atoms with Crippen LogP contribution in [0.4, 0.5) is 0 Å². The van der Waals surface area contributed by atoms with Crippen molar-refractivity contribution in [1.82, 2.24) is 20.3 Å². The zero-order chi connectivity index (χ0) is 21.6. The van der Waals surface area contributed by atoms with Gasteiger partial charge in [0.1, 0.15) is 5.82 Å². The Morgan fingerprint density at radius 1 is 1.19 bits per heavy atom. The molecule has 1 aliphatic carbocycles. The maximum absolute atomic E-state index is 13.1. The van der Waals surface area contributed by atoms with Crippen LogP contribution in [0.15, 0.2) is 53.6 Å². The fourth-order valence-corrected chi connectivity index (χ4v) is 4.41. The summed E-state index contributed by atoms with van der Waals surface area (Å²) in [5, 5.41) is 3.11. The number of aromatic nitrogens is 3. The quantitative estimate of drug-likeness (QED) is 0.588. The smallest absolute Gasteiger partial charge is 0.251 e. The van der Waals surface area contributed by atoms with Gasteiger partial charge in [0.15, 0.2) is 0 Å². The van der Waals surface area contributed by atoms with Crippen molar-refractivity contribution < 1.29 is 4.79 Å². The third kappa shape index (κ3) is 5.22. The number of hydrogen-bond donors (Lipinski definition) is 2. The van der Waals surface area contributed by atoms with Gasteiger partial charge in [0, 0.05) is 29.6 Å². The number of aromatic amines is 1. The molecule has 7 heteroatoms. The van der Waals surface area contributed by atoms with Gasteiger partial charge in [-0.1, -0.05) is 6.07 Å². The maximum atomic E-state index is 13.1. The molecule has 0 aliphatic heterocycles. The van der Waals surface area contributed by atoms with E-state index in [4.69, 9.17) is 0 Å². The van der Waals surface area contributed by atoms with E-state index in [2.05, 4.69) is 26.3 Å². The van der Waals surface area contributed by atoms with E-state index in [1.807, 2.05) is 24.5 Å². The van der Waals surface area contributed by atoms with E-state index >= 15 is 0 Å². The minimum absolute atomic E-state index is 0.135. The lowest BCUT2D eigenvalue weighted by Crippen LogP contribution is -2.31. The summed E-state index contributed by atoms with van der Waals surface area (Å²) in [6.07, 6.45) is 10.5. The summed E-state index contributed by atoms with van der Waals surface area (Å²) in [7, 11) is 0. The van der Waals surface area contributed by atoms with Crippen molar-refractivity contribution in [2.24, 2.45) is 0 Å². The second-order valence-electron chi connectivity index (χ2n) is 7.76. The van der Waals surface area contributed by atoms with Crippen LogP contribution in [-0.2, 0) is 12.8 Å². The highest BCUT2D eigenvalue weighted by molar-refractivity contribution is 7.98. The summed E-state index contributed by atoms with van der Waals surface area (Å²) in [5.74, 6) is 1.16. The van der Waals surface area contributed by atoms with Crippen LogP contribution in [0.25, 0.3) is 11.4 Å². The third-order valence-corrected chi connectivity index (χ3v) is 6.22. The molecule has 0 unspecified atom stereocenters. The number of rotatable bonds is 7. The van der Waals surface area contributed by atoms with E-state index in [9.17, 15) is 9.59 Å². The lowest BCUT2D eigenvalue weighted by molar-refractivity contribution is 0.0934. The normalized spacial score (nSPS) is 14.0. The Balaban J connectivity index is 1.61. The molecule has 0 radical (unpaired) electrons. The molecule has 3 aromatic rings. The number of nitrogens with one attached hydrogen (secondary N) is 2. The molecular weight excluding hydrogens is 408 g/mol. The van der Waals surface area contributed by atoms with Crippen molar-refractivity contribution in [2.75, 3.05) is 12.0 Å². The summed E-state index contributed by atoms with van der Waals surface area (Å²) < 4.78 is 0. The summed E-state index contributed by atoms with van der Waals surface area (Å²) in [5.41, 5.74) is 4.31. The fraction of sp³-hybridized carbons (Fsp3) is 0.333. The van der Waals surface area contributed by atoms with Crippen molar-refractivity contribution >= 4 is 17.7 Å². The van der Waals surface area contributed by atoms with E-state index < -0.39 is 0 Å². The Morgan fingerprint density at radius 3 is 2.81 bits per heavy atom. The van der Waals surface area contributed by atoms with Crippen LogP contribution in [0, 0.1) is 0 Å². The number of aryl methyl sites for hydroxylation is 2. The number of nitrogens with zero attached hydrogens (tertiary/aromatic N) is 2. The Kier molecular flexibility index (Phi) is 6.82. The van der Waals surface area contributed by atoms with Crippen molar-refractivity contribution in [2.45, 2.75) is 38.1 Å². The average molecular weight is 435 g/mol. The molecule has 0 saturated heterocycles. The lowest BCUT2D eigenvalue weighted by atomic mass is 9.90.